The molecule has 2 aliphatic rings. The van der Waals surface area contributed by atoms with Crippen molar-refractivity contribution >= 4 is 38.8 Å². The van der Waals surface area contributed by atoms with Crippen LogP contribution in [0.3, 0.4) is 0 Å². The van der Waals surface area contributed by atoms with Crippen LogP contribution in [0.15, 0.2) is 30.5 Å². The maximum absolute atomic E-state index is 14.5. The van der Waals surface area contributed by atoms with Gasteiger partial charge in [0.2, 0.25) is 5.95 Å². The average molecular weight is 561 g/mol. The van der Waals surface area contributed by atoms with E-state index in [2.05, 4.69) is 20.6 Å². The lowest BCUT2D eigenvalue weighted by Gasteiger charge is -2.41. The molecule has 206 valence electrons. The van der Waals surface area contributed by atoms with Gasteiger partial charge in [-0.2, -0.15) is 4.98 Å². The number of ether oxygens (including phenoxy) is 1. The van der Waals surface area contributed by atoms with Crippen LogP contribution in [0.25, 0.3) is 5.57 Å². The number of sulfone groups is 1. The van der Waals surface area contributed by atoms with Crippen LogP contribution in [-0.2, 0) is 14.7 Å². The number of nitrogen functional groups attached to an aromatic ring is 2. The fourth-order valence-electron chi connectivity index (χ4n) is 5.28. The lowest BCUT2D eigenvalue weighted by atomic mass is 9.84. The van der Waals surface area contributed by atoms with Crippen molar-refractivity contribution in [2.24, 2.45) is 0 Å². The van der Waals surface area contributed by atoms with Gasteiger partial charge < -0.3 is 26.8 Å². The molecule has 2 aliphatic heterocycles. The number of nitrogens with zero attached hydrogens (tertiary/aromatic N) is 2. The summed E-state index contributed by atoms with van der Waals surface area (Å²) in [6.07, 6.45) is 6.79. The summed E-state index contributed by atoms with van der Waals surface area (Å²) in [6.45, 7) is 11.0. The summed E-state index contributed by atoms with van der Waals surface area (Å²) in [7, 11) is -3.99. The number of rotatable bonds is 7. The first-order valence-electron chi connectivity index (χ1n) is 12.9. The Morgan fingerprint density at radius 1 is 1.13 bits per heavy atom. The van der Waals surface area contributed by atoms with Crippen molar-refractivity contribution in [1.82, 2.24) is 20.6 Å². The summed E-state index contributed by atoms with van der Waals surface area (Å²) in [5.41, 5.74) is 15.0. The molecule has 4 rings (SSSR count). The maximum atomic E-state index is 14.5. The summed E-state index contributed by atoms with van der Waals surface area (Å²) in [6, 6.07) is 3.94. The number of aryl methyl sites for hydroxylation is 1. The Morgan fingerprint density at radius 2 is 1.82 bits per heavy atom. The molecular formula is C27H37ClN6O3S. The van der Waals surface area contributed by atoms with Crippen molar-refractivity contribution in [3.05, 3.63) is 57.9 Å². The van der Waals surface area contributed by atoms with Gasteiger partial charge in [0, 0.05) is 11.1 Å². The predicted octanol–water partition coefficient (Wildman–Crippen LogP) is 4.03. The highest BCUT2D eigenvalue weighted by atomic mass is 35.5. The zero-order valence-electron chi connectivity index (χ0n) is 22.5. The topological polar surface area (TPSA) is 145 Å². The Balaban J connectivity index is 2.08. The molecule has 0 spiro atoms. The fraction of sp³-hybridized carbons (Fsp3) is 0.481. The molecule has 1 atom stereocenters. The number of piperidine rings is 1. The molecule has 1 aromatic carbocycles. The standard InChI is InChI=1S/C27H37ClN6O3S/c1-15(2)37-22-14-19(18-8-11-31-12-9-18)17(5)13-21(22)27(38(35,36)16(3)4)20(7-6-10-32-27)24-23(28)25(29)34-26(30)33-24/h6-7,10,13-16,18,31-32H,8-9,11-12H2,1-5H3,(H4,29,30,33,34). The fourth-order valence-corrected chi connectivity index (χ4v) is 7.34. The highest BCUT2D eigenvalue weighted by Gasteiger charge is 2.53. The molecule has 38 heavy (non-hydrogen) atoms. The molecular weight excluding hydrogens is 524 g/mol. The third-order valence-electron chi connectivity index (χ3n) is 7.11. The quantitative estimate of drug-likeness (QED) is 0.394. The minimum atomic E-state index is -3.99. The molecule has 0 radical (unpaired) electrons. The first-order chi connectivity index (χ1) is 17.9. The molecule has 2 aromatic rings. The number of halogens is 1. The summed E-state index contributed by atoms with van der Waals surface area (Å²) >= 11 is 6.59. The lowest BCUT2D eigenvalue weighted by Crippen LogP contribution is -2.52. The Hall–Kier alpha value is -2.82. The lowest BCUT2D eigenvalue weighted by molar-refractivity contribution is 0.237. The number of dihydropyridines is 1. The number of nitrogens with one attached hydrogen (secondary N) is 2. The molecule has 6 N–H and O–H groups in total. The number of hydrogen-bond acceptors (Lipinski definition) is 9. The van der Waals surface area contributed by atoms with Gasteiger partial charge >= 0.3 is 0 Å². The van der Waals surface area contributed by atoms with Crippen molar-refractivity contribution in [3.8, 4) is 5.75 Å². The van der Waals surface area contributed by atoms with Gasteiger partial charge in [0.05, 0.1) is 17.0 Å². The van der Waals surface area contributed by atoms with Crippen LogP contribution in [0.4, 0.5) is 11.8 Å². The van der Waals surface area contributed by atoms with Gasteiger partial charge in [-0.15, -0.1) is 0 Å². The van der Waals surface area contributed by atoms with Crippen LogP contribution >= 0.6 is 11.6 Å². The summed E-state index contributed by atoms with van der Waals surface area (Å²) in [4.78, 5) is 6.52. The van der Waals surface area contributed by atoms with Crippen molar-refractivity contribution in [2.75, 3.05) is 24.6 Å². The molecule has 0 saturated carbocycles. The highest BCUT2D eigenvalue weighted by Crippen LogP contribution is 2.50. The molecule has 1 aromatic heterocycles. The van der Waals surface area contributed by atoms with Gasteiger partial charge in [0.1, 0.15) is 16.6 Å². The van der Waals surface area contributed by atoms with Crippen LogP contribution < -0.4 is 26.8 Å². The first kappa shape index (κ1) is 28.2. The maximum Gasteiger partial charge on any atom is 0.222 e. The zero-order chi connectivity index (χ0) is 27.8. The van der Waals surface area contributed by atoms with Crippen LogP contribution in [-0.4, -0.2) is 42.8 Å². The van der Waals surface area contributed by atoms with Gasteiger partial charge in [0.15, 0.2) is 14.7 Å². The second-order valence-corrected chi connectivity index (χ2v) is 13.4. The second-order valence-electron chi connectivity index (χ2n) is 10.4. The van der Waals surface area contributed by atoms with Gasteiger partial charge in [-0.25, -0.2) is 13.4 Å². The molecule has 0 bridgehead atoms. The normalized spacial score (nSPS) is 20.5. The van der Waals surface area contributed by atoms with Crippen molar-refractivity contribution in [1.29, 1.82) is 0 Å². The monoisotopic (exact) mass is 560 g/mol. The summed E-state index contributed by atoms with van der Waals surface area (Å²) in [5, 5.41) is 5.87. The Morgan fingerprint density at radius 3 is 2.45 bits per heavy atom. The molecule has 1 fully saturated rings. The van der Waals surface area contributed by atoms with Crippen molar-refractivity contribution in [3.63, 3.8) is 0 Å². The molecule has 0 amide bonds. The van der Waals surface area contributed by atoms with Crippen LogP contribution in [0.1, 0.15) is 68.8 Å². The van der Waals surface area contributed by atoms with E-state index in [9.17, 15) is 8.42 Å². The van der Waals surface area contributed by atoms with Gasteiger partial charge in [0.25, 0.3) is 0 Å². The zero-order valence-corrected chi connectivity index (χ0v) is 24.1. The van der Waals surface area contributed by atoms with E-state index in [0.717, 1.165) is 37.1 Å². The number of aromatic nitrogens is 2. The second kappa shape index (κ2) is 10.7. The van der Waals surface area contributed by atoms with E-state index in [-0.39, 0.29) is 28.6 Å². The number of allylic oxidation sites excluding steroid dienone is 2. The number of anilines is 2. The number of nitrogens with two attached hydrogens (primary N) is 2. The predicted molar refractivity (Wildman–Crippen MR) is 154 cm³/mol. The molecule has 11 heteroatoms. The van der Waals surface area contributed by atoms with E-state index in [1.54, 1.807) is 32.2 Å². The summed E-state index contributed by atoms with van der Waals surface area (Å²) in [5.74, 6) is 0.701. The molecule has 1 saturated heterocycles. The van der Waals surface area contributed by atoms with E-state index in [1.165, 1.54) is 0 Å². The van der Waals surface area contributed by atoms with E-state index >= 15 is 0 Å². The van der Waals surface area contributed by atoms with Crippen molar-refractivity contribution < 1.29 is 13.2 Å². The third kappa shape index (κ3) is 4.85. The van der Waals surface area contributed by atoms with Crippen molar-refractivity contribution in [2.45, 2.75) is 69.6 Å². The largest absolute Gasteiger partial charge is 0.491 e. The van der Waals surface area contributed by atoms with Crippen LogP contribution in [0.2, 0.25) is 5.02 Å². The average Bonchev–Trinajstić information content (AvgIpc) is 2.87. The minimum Gasteiger partial charge on any atom is -0.491 e. The Bertz CT molecular complexity index is 1380. The first-order valence-corrected chi connectivity index (χ1v) is 14.8. The van der Waals surface area contributed by atoms with Gasteiger partial charge in [-0.05, 0) is 102 Å². The molecule has 0 aliphatic carbocycles. The van der Waals surface area contributed by atoms with E-state index < -0.39 is 20.0 Å². The Kier molecular flexibility index (Phi) is 7.97. The smallest absolute Gasteiger partial charge is 0.222 e. The molecule has 3 heterocycles. The highest BCUT2D eigenvalue weighted by molar-refractivity contribution is 7.93. The van der Waals surface area contributed by atoms with Gasteiger partial charge in [-0.3, -0.25) is 0 Å². The van der Waals surface area contributed by atoms with E-state index in [0.29, 0.717) is 22.8 Å². The minimum absolute atomic E-state index is 0.0280. The van der Waals surface area contributed by atoms with E-state index in [1.807, 2.05) is 32.9 Å². The van der Waals surface area contributed by atoms with Crippen LogP contribution in [0, 0.1) is 6.92 Å². The number of benzene rings is 1. The number of hydrogen-bond donors (Lipinski definition) is 4. The van der Waals surface area contributed by atoms with Gasteiger partial charge in [-0.1, -0.05) is 17.7 Å². The Labute approximate surface area is 230 Å². The summed E-state index contributed by atoms with van der Waals surface area (Å²) < 4.78 is 35.3. The SMILES string of the molecule is Cc1cc(C2(S(=O)(=O)C(C)C)NC=CC=C2c2nc(N)nc(N)c2Cl)c(OC(C)C)cc1C1CCNCC1. The molecule has 1 unspecified atom stereocenters. The third-order valence-corrected chi connectivity index (χ3v) is 10.1. The van der Waals surface area contributed by atoms with Crippen LogP contribution in [0.5, 0.6) is 5.75 Å². The molecule has 9 nitrogen and oxygen atoms in total. The van der Waals surface area contributed by atoms with E-state index in [4.69, 9.17) is 27.8 Å².